The predicted octanol–water partition coefficient (Wildman–Crippen LogP) is 5.86. The quantitative estimate of drug-likeness (QED) is 0.573. The van der Waals surface area contributed by atoms with Gasteiger partial charge in [0.05, 0.1) is 0 Å². The maximum atomic E-state index is 6.44. The largest absolute Gasteiger partial charge is 0.465 e. The van der Waals surface area contributed by atoms with Crippen molar-refractivity contribution < 1.29 is 9.31 Å². The van der Waals surface area contributed by atoms with E-state index in [1.54, 1.807) is 0 Å². The van der Waals surface area contributed by atoms with Crippen molar-refractivity contribution in [1.82, 2.24) is 0 Å². The van der Waals surface area contributed by atoms with Crippen molar-refractivity contribution in [2.24, 2.45) is 11.8 Å². The Balaban J connectivity index is 1.58. The molecule has 3 aliphatic carbocycles. The second kappa shape index (κ2) is 8.29. The molecular weight excluding hydrogens is 330 g/mol. The fraction of sp³-hybridized carbons (Fsp3) is 0.480. The smallest absolute Gasteiger partial charge is 0.199 e. The van der Waals surface area contributed by atoms with Gasteiger partial charge in [0.15, 0.2) is 5.71 Å². The zero-order valence-corrected chi connectivity index (χ0v) is 16.8. The Bertz CT molecular complexity index is 732. The molecule has 0 atom stereocenters. The van der Waals surface area contributed by atoms with Crippen LogP contribution >= 0.6 is 0 Å². The van der Waals surface area contributed by atoms with Crippen molar-refractivity contribution in [3.63, 3.8) is 0 Å². The van der Waals surface area contributed by atoms with Crippen LogP contribution in [0.25, 0.3) is 0 Å². The van der Waals surface area contributed by atoms with Gasteiger partial charge in [-0.3, -0.25) is 0 Å². The van der Waals surface area contributed by atoms with Gasteiger partial charge in [-0.2, -0.15) is 0 Å². The van der Waals surface area contributed by atoms with Gasteiger partial charge in [0, 0.05) is 24.0 Å². The zero-order valence-electron chi connectivity index (χ0n) is 16.8. The van der Waals surface area contributed by atoms with Gasteiger partial charge in [-0.05, 0) is 61.1 Å². The Morgan fingerprint density at radius 1 is 0.741 bits per heavy atom. The molecule has 4 rings (SSSR count). The summed E-state index contributed by atoms with van der Waals surface area (Å²) in [5, 5.41) is 0. The predicted molar refractivity (Wildman–Crippen MR) is 113 cm³/mol. The molecule has 1 aliphatic heterocycles. The van der Waals surface area contributed by atoms with Crippen molar-refractivity contribution in [1.29, 1.82) is 0 Å². The van der Waals surface area contributed by atoms with Gasteiger partial charge in [0.1, 0.15) is 25.6 Å². The number of nitrogens with zero attached hydrogens (tertiary/aromatic N) is 1. The minimum absolute atomic E-state index is 0.623. The molecule has 0 N–H and O–H groups in total. The summed E-state index contributed by atoms with van der Waals surface area (Å²) >= 11 is 0. The Morgan fingerprint density at radius 2 is 1.22 bits per heavy atom. The Labute approximate surface area is 164 Å². The SMILES string of the molecule is C[N+](C)=C1C=CC(=CC=C2C=C(C3CCCC3)OC(C3CCCC3)=C2)C=C1. The first-order chi connectivity index (χ1) is 13.2. The molecule has 142 valence electrons. The molecule has 0 spiro atoms. The maximum absolute atomic E-state index is 6.44. The highest BCUT2D eigenvalue weighted by Gasteiger charge is 2.28. The van der Waals surface area contributed by atoms with Gasteiger partial charge in [0.2, 0.25) is 0 Å². The number of ether oxygens (including phenoxy) is 1. The molecule has 1 heterocycles. The van der Waals surface area contributed by atoms with E-state index in [1.807, 2.05) is 0 Å². The summed E-state index contributed by atoms with van der Waals surface area (Å²) in [5.41, 5.74) is 3.77. The monoisotopic (exact) mass is 362 g/mol. The lowest BCUT2D eigenvalue weighted by atomic mass is 9.96. The standard InChI is InChI=1S/C25H32NO/c1-26(2)23-15-13-19(14-16-23)11-12-20-17-24(21-7-3-4-8-21)27-25(18-20)22-9-5-6-10-22/h11-18,21-22H,3-10H2,1-2H3/q+1. The molecule has 0 aromatic rings. The van der Waals surface area contributed by atoms with Crippen LogP contribution in [-0.4, -0.2) is 24.4 Å². The lowest BCUT2D eigenvalue weighted by Gasteiger charge is -2.25. The van der Waals surface area contributed by atoms with Crippen molar-refractivity contribution in [2.75, 3.05) is 14.1 Å². The lowest BCUT2D eigenvalue weighted by molar-refractivity contribution is -0.462. The van der Waals surface area contributed by atoms with Crippen molar-refractivity contribution >= 4 is 5.71 Å². The van der Waals surface area contributed by atoms with Crippen LogP contribution in [0.5, 0.6) is 0 Å². The van der Waals surface area contributed by atoms with Crippen LogP contribution in [0.4, 0.5) is 0 Å². The Morgan fingerprint density at radius 3 is 1.70 bits per heavy atom. The van der Waals surface area contributed by atoms with Crippen LogP contribution in [0.15, 0.2) is 71.3 Å². The highest BCUT2D eigenvalue weighted by Crippen LogP contribution is 2.40. The van der Waals surface area contributed by atoms with E-state index in [4.69, 9.17) is 4.74 Å². The highest BCUT2D eigenvalue weighted by atomic mass is 16.5. The van der Waals surface area contributed by atoms with E-state index in [0.29, 0.717) is 11.8 Å². The topological polar surface area (TPSA) is 12.2 Å². The van der Waals surface area contributed by atoms with Gasteiger partial charge in [-0.25, -0.2) is 4.58 Å². The fourth-order valence-electron chi connectivity index (χ4n) is 4.56. The van der Waals surface area contributed by atoms with Crippen molar-refractivity contribution in [2.45, 2.75) is 51.4 Å². The number of rotatable bonds is 3. The van der Waals surface area contributed by atoms with Crippen LogP contribution in [-0.2, 0) is 4.74 Å². The van der Waals surface area contributed by atoms with Crippen molar-refractivity contribution in [3.05, 3.63) is 71.3 Å². The number of allylic oxidation sites excluding steroid dienone is 12. The maximum Gasteiger partial charge on any atom is 0.199 e. The molecule has 0 unspecified atom stereocenters. The zero-order chi connectivity index (χ0) is 18.6. The first kappa shape index (κ1) is 18.3. The van der Waals surface area contributed by atoms with E-state index in [1.165, 1.54) is 79.7 Å². The molecule has 27 heavy (non-hydrogen) atoms. The molecule has 2 nitrogen and oxygen atoms in total. The molecule has 4 aliphatic rings. The molecule has 2 fully saturated rings. The van der Waals surface area contributed by atoms with Gasteiger partial charge in [-0.15, -0.1) is 0 Å². The molecule has 2 heteroatoms. The molecule has 2 saturated carbocycles. The summed E-state index contributed by atoms with van der Waals surface area (Å²) in [7, 11) is 4.15. The van der Waals surface area contributed by atoms with E-state index < -0.39 is 0 Å². The fourth-order valence-corrected chi connectivity index (χ4v) is 4.56. The number of hydrogen-bond donors (Lipinski definition) is 0. The summed E-state index contributed by atoms with van der Waals surface area (Å²) in [6.45, 7) is 0. The summed E-state index contributed by atoms with van der Waals surface area (Å²) < 4.78 is 8.57. The lowest BCUT2D eigenvalue weighted by Crippen LogP contribution is -2.12. The average molecular weight is 363 g/mol. The minimum atomic E-state index is 0.623. The van der Waals surface area contributed by atoms with E-state index >= 15 is 0 Å². The number of hydrogen-bond acceptors (Lipinski definition) is 1. The average Bonchev–Trinajstić information content (AvgIpc) is 3.40. The van der Waals surface area contributed by atoms with E-state index in [2.05, 4.69) is 67.3 Å². The highest BCUT2D eigenvalue weighted by molar-refractivity contribution is 6.02. The van der Waals surface area contributed by atoms with Crippen LogP contribution in [0, 0.1) is 11.8 Å². The van der Waals surface area contributed by atoms with Crippen LogP contribution < -0.4 is 0 Å². The Hall–Kier alpha value is -2.09. The molecule has 0 radical (unpaired) electrons. The first-order valence-corrected chi connectivity index (χ1v) is 10.6. The molecule has 0 aromatic carbocycles. The van der Waals surface area contributed by atoms with Gasteiger partial charge >= 0.3 is 0 Å². The van der Waals surface area contributed by atoms with E-state index in [-0.39, 0.29) is 0 Å². The van der Waals surface area contributed by atoms with E-state index in [9.17, 15) is 0 Å². The summed E-state index contributed by atoms with van der Waals surface area (Å²) in [6.07, 6.45) is 28.3. The third-order valence-corrected chi connectivity index (χ3v) is 6.25. The minimum Gasteiger partial charge on any atom is -0.465 e. The normalized spacial score (nSPS) is 23.4. The molecule has 0 bridgehead atoms. The summed E-state index contributed by atoms with van der Waals surface area (Å²) in [5.74, 6) is 3.69. The molecule has 0 saturated heterocycles. The summed E-state index contributed by atoms with van der Waals surface area (Å²) in [6, 6.07) is 0. The van der Waals surface area contributed by atoms with Gasteiger partial charge < -0.3 is 4.74 Å². The van der Waals surface area contributed by atoms with E-state index in [0.717, 1.165) is 0 Å². The second-order valence-electron chi connectivity index (χ2n) is 8.48. The van der Waals surface area contributed by atoms with Gasteiger partial charge in [0.25, 0.3) is 0 Å². The first-order valence-electron chi connectivity index (χ1n) is 10.6. The third kappa shape index (κ3) is 4.43. The third-order valence-electron chi connectivity index (χ3n) is 6.25. The van der Waals surface area contributed by atoms with Crippen LogP contribution in [0.2, 0.25) is 0 Å². The molecule has 0 amide bonds. The van der Waals surface area contributed by atoms with Crippen molar-refractivity contribution in [3.8, 4) is 0 Å². The van der Waals surface area contributed by atoms with Crippen LogP contribution in [0.3, 0.4) is 0 Å². The van der Waals surface area contributed by atoms with Crippen LogP contribution in [0.1, 0.15) is 51.4 Å². The molecular formula is C25H32NO+. The second-order valence-corrected chi connectivity index (χ2v) is 8.48. The molecule has 0 aromatic heterocycles. The summed E-state index contributed by atoms with van der Waals surface area (Å²) in [4.78, 5) is 0. The Kier molecular flexibility index (Phi) is 5.61. The van der Waals surface area contributed by atoms with Gasteiger partial charge in [-0.1, -0.05) is 37.8 Å².